The second-order valence-corrected chi connectivity index (χ2v) is 13.8. The lowest BCUT2D eigenvalue weighted by atomic mass is 9.92. The molecule has 0 bridgehead atoms. The van der Waals surface area contributed by atoms with E-state index in [1.807, 2.05) is 42.6 Å². The fraction of sp³-hybridized carbons (Fsp3) is 0.0417. The van der Waals surface area contributed by atoms with Gasteiger partial charge in [-0.05, 0) is 68.9 Å². The van der Waals surface area contributed by atoms with Crippen LogP contribution >= 0.6 is 0 Å². The Morgan fingerprint density at radius 1 is 0.481 bits per heavy atom. The minimum atomic E-state index is -0.333. The van der Waals surface area contributed by atoms with Gasteiger partial charge in [0.25, 0.3) is 0 Å². The first kappa shape index (κ1) is 30.6. The number of furan rings is 2. The second kappa shape index (κ2) is 12.3. The Kier molecular flexibility index (Phi) is 6.97. The zero-order valence-corrected chi connectivity index (χ0v) is 29.0. The first-order valence-corrected chi connectivity index (χ1v) is 18.2. The van der Waals surface area contributed by atoms with Crippen molar-refractivity contribution < 1.29 is 8.83 Å². The molecule has 0 amide bonds. The van der Waals surface area contributed by atoms with Gasteiger partial charge in [0.15, 0.2) is 0 Å². The SMILES string of the molecule is c1ccc(-c2cccc(C3N=C(c4ccc(-c5cccc6oc7ccncc7c56)c5ccccc45)NC(c4cccc5oc6ccccc6c45)N3)c2)cc1. The van der Waals surface area contributed by atoms with Gasteiger partial charge in [-0.3, -0.25) is 10.3 Å². The van der Waals surface area contributed by atoms with Gasteiger partial charge in [0.2, 0.25) is 0 Å². The number of hydrogen-bond donors (Lipinski definition) is 2. The second-order valence-electron chi connectivity index (χ2n) is 13.8. The van der Waals surface area contributed by atoms with E-state index in [1.54, 1.807) is 6.20 Å². The fourth-order valence-corrected chi connectivity index (χ4v) is 8.22. The molecule has 3 aromatic heterocycles. The predicted octanol–water partition coefficient (Wildman–Crippen LogP) is 11.7. The first-order chi connectivity index (χ1) is 26.8. The third-order valence-electron chi connectivity index (χ3n) is 10.7. The summed E-state index contributed by atoms with van der Waals surface area (Å²) >= 11 is 0. The Morgan fingerprint density at radius 3 is 2.02 bits per heavy atom. The molecular weight excluding hydrogens is 665 g/mol. The summed E-state index contributed by atoms with van der Waals surface area (Å²) in [6, 6.07) is 54.9. The zero-order chi connectivity index (χ0) is 35.6. The predicted molar refractivity (Wildman–Crippen MR) is 218 cm³/mol. The molecule has 6 heteroatoms. The molecule has 10 aromatic rings. The Bertz CT molecular complexity index is 3090. The van der Waals surface area contributed by atoms with Crippen LogP contribution in [-0.2, 0) is 0 Å². The molecule has 6 nitrogen and oxygen atoms in total. The molecule has 7 aromatic carbocycles. The molecular formula is C48H32N4O2. The van der Waals surface area contributed by atoms with Crippen molar-refractivity contribution in [2.75, 3.05) is 0 Å². The van der Waals surface area contributed by atoms with Gasteiger partial charge in [-0.1, -0.05) is 127 Å². The highest BCUT2D eigenvalue weighted by Gasteiger charge is 2.29. The highest BCUT2D eigenvalue weighted by Crippen LogP contribution is 2.41. The molecule has 0 spiro atoms. The van der Waals surface area contributed by atoms with Crippen molar-refractivity contribution in [3.8, 4) is 22.3 Å². The molecule has 2 N–H and O–H groups in total. The fourth-order valence-electron chi connectivity index (χ4n) is 8.22. The van der Waals surface area contributed by atoms with Gasteiger partial charge >= 0.3 is 0 Å². The lowest BCUT2D eigenvalue weighted by Crippen LogP contribution is -2.45. The quantitative estimate of drug-likeness (QED) is 0.187. The molecule has 11 rings (SSSR count). The normalized spacial score (nSPS) is 16.0. The number of para-hydroxylation sites is 1. The molecule has 0 fully saturated rings. The third-order valence-corrected chi connectivity index (χ3v) is 10.7. The molecule has 0 aliphatic carbocycles. The highest BCUT2D eigenvalue weighted by atomic mass is 16.3. The van der Waals surface area contributed by atoms with Crippen LogP contribution in [0.15, 0.2) is 184 Å². The summed E-state index contributed by atoms with van der Waals surface area (Å²) in [6.07, 6.45) is 3.06. The minimum absolute atomic E-state index is 0.274. The van der Waals surface area contributed by atoms with Crippen molar-refractivity contribution in [3.63, 3.8) is 0 Å². The van der Waals surface area contributed by atoms with E-state index in [9.17, 15) is 0 Å². The number of pyridine rings is 1. The van der Waals surface area contributed by atoms with Crippen molar-refractivity contribution in [2.24, 2.45) is 4.99 Å². The van der Waals surface area contributed by atoms with Gasteiger partial charge in [0, 0.05) is 45.1 Å². The largest absolute Gasteiger partial charge is 0.456 e. The number of benzene rings is 7. The molecule has 1 aliphatic heterocycles. The van der Waals surface area contributed by atoms with E-state index in [2.05, 4.69) is 137 Å². The number of aromatic nitrogens is 1. The van der Waals surface area contributed by atoms with E-state index in [4.69, 9.17) is 13.8 Å². The van der Waals surface area contributed by atoms with Crippen molar-refractivity contribution in [2.45, 2.75) is 12.3 Å². The number of nitrogens with one attached hydrogen (secondary N) is 2. The van der Waals surface area contributed by atoms with Crippen molar-refractivity contribution in [1.82, 2.24) is 15.6 Å². The lowest BCUT2D eigenvalue weighted by Gasteiger charge is -2.33. The minimum Gasteiger partial charge on any atom is -0.456 e. The van der Waals surface area contributed by atoms with Gasteiger partial charge in [-0.25, -0.2) is 4.99 Å². The van der Waals surface area contributed by atoms with E-state index in [0.717, 1.165) is 93.9 Å². The highest BCUT2D eigenvalue weighted by molar-refractivity contribution is 6.18. The van der Waals surface area contributed by atoms with Crippen molar-refractivity contribution >= 4 is 60.5 Å². The van der Waals surface area contributed by atoms with Crippen LogP contribution < -0.4 is 10.6 Å². The maximum atomic E-state index is 6.34. The van der Waals surface area contributed by atoms with Crippen LogP contribution in [-0.4, -0.2) is 10.8 Å². The third kappa shape index (κ3) is 4.92. The number of amidine groups is 1. The van der Waals surface area contributed by atoms with Crippen LogP contribution in [0, 0.1) is 0 Å². The van der Waals surface area contributed by atoms with Gasteiger partial charge < -0.3 is 14.2 Å². The molecule has 2 atom stereocenters. The first-order valence-electron chi connectivity index (χ1n) is 18.2. The number of aliphatic imine (C=N–C) groups is 1. The topological polar surface area (TPSA) is 75.6 Å². The number of fused-ring (bicyclic) bond motifs is 7. The standard InChI is InChI=1S/C48H32N4O2/c1-2-11-29(12-3-1)30-13-8-14-31(27-30)46-50-47(52-48(51-46)38-19-10-22-43-45(38)37-17-6-7-20-40(37)53-43)36-24-23-34(32-15-4-5-16-33(32)36)35-18-9-21-42-44(35)39-28-49-26-25-41(39)54-42/h1-28,46,48,51H,(H,50,52). The lowest BCUT2D eigenvalue weighted by molar-refractivity contribution is 0.411. The van der Waals surface area contributed by atoms with E-state index in [0.29, 0.717) is 0 Å². The van der Waals surface area contributed by atoms with Gasteiger partial charge in [0.05, 0.1) is 0 Å². The van der Waals surface area contributed by atoms with Crippen LogP contribution in [0.2, 0.25) is 0 Å². The summed E-state index contributed by atoms with van der Waals surface area (Å²) < 4.78 is 12.6. The van der Waals surface area contributed by atoms with Gasteiger partial charge in [-0.15, -0.1) is 0 Å². The van der Waals surface area contributed by atoms with Gasteiger partial charge in [-0.2, -0.15) is 0 Å². The maximum absolute atomic E-state index is 6.34. The zero-order valence-electron chi connectivity index (χ0n) is 29.0. The van der Waals surface area contributed by atoms with Crippen LogP contribution in [0.1, 0.15) is 29.0 Å². The smallest absolute Gasteiger partial charge is 0.138 e. The summed E-state index contributed by atoms with van der Waals surface area (Å²) in [5.41, 5.74) is 11.2. The van der Waals surface area contributed by atoms with Crippen LogP contribution in [0.3, 0.4) is 0 Å². The Labute approximate surface area is 310 Å². The van der Waals surface area contributed by atoms with E-state index >= 15 is 0 Å². The Morgan fingerprint density at radius 2 is 1.15 bits per heavy atom. The average molecular weight is 697 g/mol. The monoisotopic (exact) mass is 696 g/mol. The molecule has 0 saturated heterocycles. The number of hydrogen-bond acceptors (Lipinski definition) is 6. The van der Waals surface area contributed by atoms with Crippen molar-refractivity contribution in [1.29, 1.82) is 0 Å². The molecule has 54 heavy (non-hydrogen) atoms. The van der Waals surface area contributed by atoms with E-state index in [1.165, 1.54) is 5.56 Å². The van der Waals surface area contributed by atoms with Crippen LogP contribution in [0.25, 0.3) is 76.9 Å². The molecule has 0 radical (unpaired) electrons. The van der Waals surface area contributed by atoms with Gasteiger partial charge in [0.1, 0.15) is 40.5 Å². The van der Waals surface area contributed by atoms with Crippen LogP contribution in [0.4, 0.5) is 0 Å². The number of rotatable bonds is 5. The summed E-state index contributed by atoms with van der Waals surface area (Å²) in [5.74, 6) is 0.817. The maximum Gasteiger partial charge on any atom is 0.138 e. The summed E-state index contributed by atoms with van der Waals surface area (Å²) in [4.78, 5) is 9.88. The van der Waals surface area contributed by atoms with E-state index in [-0.39, 0.29) is 12.3 Å². The summed E-state index contributed by atoms with van der Waals surface area (Å²) in [5, 5.41) is 14.2. The summed E-state index contributed by atoms with van der Waals surface area (Å²) in [7, 11) is 0. The molecule has 2 unspecified atom stereocenters. The molecule has 0 saturated carbocycles. The Balaban J connectivity index is 1.10. The average Bonchev–Trinajstić information content (AvgIpc) is 3.82. The number of nitrogens with zero attached hydrogens (tertiary/aromatic N) is 2. The summed E-state index contributed by atoms with van der Waals surface area (Å²) in [6.45, 7) is 0. The van der Waals surface area contributed by atoms with E-state index < -0.39 is 0 Å². The Hall–Kier alpha value is -7.02. The van der Waals surface area contributed by atoms with Crippen molar-refractivity contribution in [3.05, 3.63) is 187 Å². The molecule has 256 valence electrons. The molecule has 1 aliphatic rings. The van der Waals surface area contributed by atoms with Crippen LogP contribution in [0.5, 0.6) is 0 Å². The molecule has 4 heterocycles.